The van der Waals surface area contributed by atoms with E-state index in [1.807, 2.05) is 36.4 Å². The Morgan fingerprint density at radius 2 is 0.788 bits per heavy atom. The SMILES string of the molecule is C[Si](C)(C#Cc1ccccc1)[C]1[CH][CH][CH][CH]1.C[Si](C)(C#Cc1ccccc1)[C]1[CH][CH][CH][CH]1.[Fe]. The van der Waals surface area contributed by atoms with Gasteiger partial charge in [-0.3, -0.25) is 0 Å². The first-order valence-electron chi connectivity index (χ1n) is 11.0. The third kappa shape index (κ3) is 9.00. The standard InChI is InChI=1S/2C15H15Si.Fe/c2*1-16(2,15-10-6-7-11-15)13-12-14-8-4-3-5-9-14;/h2*3-11H,1-2H3;. The van der Waals surface area contributed by atoms with Gasteiger partial charge in [0.05, 0.1) is 0 Å². The van der Waals surface area contributed by atoms with Crippen molar-refractivity contribution in [1.82, 2.24) is 0 Å². The average Bonchev–Trinajstić information content (AvgIpc) is 3.54. The summed E-state index contributed by atoms with van der Waals surface area (Å²) < 4.78 is 0. The van der Waals surface area contributed by atoms with Gasteiger partial charge in [0.2, 0.25) is 0 Å². The van der Waals surface area contributed by atoms with Gasteiger partial charge in [0.1, 0.15) is 16.1 Å². The van der Waals surface area contributed by atoms with Crippen LogP contribution < -0.4 is 0 Å². The maximum Gasteiger partial charge on any atom is 0.139 e. The molecule has 2 aliphatic carbocycles. The molecule has 0 heterocycles. The fraction of sp³-hybridized carbons (Fsp3) is 0.133. The molecule has 2 saturated carbocycles. The van der Waals surface area contributed by atoms with Gasteiger partial charge in [-0.05, 0) is 86.7 Å². The molecule has 0 amide bonds. The van der Waals surface area contributed by atoms with Crippen molar-refractivity contribution >= 4 is 16.1 Å². The van der Waals surface area contributed by atoms with Crippen molar-refractivity contribution in [2.75, 3.05) is 0 Å². The van der Waals surface area contributed by atoms with Gasteiger partial charge in [0.25, 0.3) is 0 Å². The van der Waals surface area contributed by atoms with Gasteiger partial charge in [-0.2, -0.15) is 0 Å². The van der Waals surface area contributed by atoms with Crippen LogP contribution in [0, 0.1) is 85.4 Å². The van der Waals surface area contributed by atoms with Gasteiger partial charge in [-0.1, -0.05) is 74.4 Å². The van der Waals surface area contributed by atoms with E-state index in [-0.39, 0.29) is 17.1 Å². The van der Waals surface area contributed by atoms with Crippen LogP contribution in [0.3, 0.4) is 0 Å². The van der Waals surface area contributed by atoms with E-state index >= 15 is 0 Å². The first-order chi connectivity index (χ1) is 15.4. The van der Waals surface area contributed by atoms with Gasteiger partial charge >= 0.3 is 0 Å². The number of benzene rings is 2. The molecule has 2 aliphatic rings. The summed E-state index contributed by atoms with van der Waals surface area (Å²) in [5, 5.41) is 0. The molecule has 0 aromatic heterocycles. The molecule has 4 rings (SSSR count). The fourth-order valence-corrected chi connectivity index (χ4v) is 6.48. The normalized spacial score (nSPS) is 16.4. The zero-order chi connectivity index (χ0) is 22.9. The molecule has 0 unspecified atom stereocenters. The summed E-state index contributed by atoms with van der Waals surface area (Å²) >= 11 is 0. The predicted octanol–water partition coefficient (Wildman–Crippen LogP) is 6.46. The summed E-state index contributed by atoms with van der Waals surface area (Å²) in [5.74, 6) is 6.57. The van der Waals surface area contributed by atoms with Gasteiger partial charge in [0.15, 0.2) is 0 Å². The van der Waals surface area contributed by atoms with Crippen LogP contribution in [0.4, 0.5) is 0 Å². The molecule has 3 heteroatoms. The molecule has 0 spiro atoms. The Bertz CT molecular complexity index is 865. The smallest absolute Gasteiger partial charge is 0.126 e. The summed E-state index contributed by atoms with van der Waals surface area (Å²) in [6, 6.07) is 20.4. The van der Waals surface area contributed by atoms with Crippen LogP contribution in [0.2, 0.25) is 26.2 Å². The summed E-state index contributed by atoms with van der Waals surface area (Å²) in [4.78, 5) is 0. The third-order valence-electron chi connectivity index (χ3n) is 5.35. The molecule has 0 saturated heterocycles. The molecule has 10 radical (unpaired) electrons. The Morgan fingerprint density at radius 3 is 1.09 bits per heavy atom. The molecule has 33 heavy (non-hydrogen) atoms. The van der Waals surface area contributed by atoms with Gasteiger partial charge < -0.3 is 0 Å². The number of hydrogen-bond donors (Lipinski definition) is 0. The zero-order valence-corrected chi connectivity index (χ0v) is 22.9. The largest absolute Gasteiger partial charge is 0.139 e. The van der Waals surface area contributed by atoms with Crippen molar-refractivity contribution in [3.63, 3.8) is 0 Å². The second-order valence-corrected chi connectivity index (χ2v) is 17.0. The molecule has 0 N–H and O–H groups in total. The molecule has 0 aliphatic heterocycles. The van der Waals surface area contributed by atoms with Crippen LogP contribution in [-0.2, 0) is 17.1 Å². The minimum atomic E-state index is -1.57. The Kier molecular flexibility index (Phi) is 11.3. The van der Waals surface area contributed by atoms with E-state index < -0.39 is 16.1 Å². The summed E-state index contributed by atoms with van der Waals surface area (Å²) in [5.41, 5.74) is 12.0. The van der Waals surface area contributed by atoms with Crippen molar-refractivity contribution in [2.45, 2.75) is 26.2 Å². The first kappa shape index (κ1) is 27.8. The Labute approximate surface area is 215 Å². The van der Waals surface area contributed by atoms with Crippen LogP contribution in [0.5, 0.6) is 0 Å². The minimum Gasteiger partial charge on any atom is -0.126 e. The van der Waals surface area contributed by atoms with Crippen LogP contribution in [0.1, 0.15) is 11.1 Å². The second kappa shape index (κ2) is 13.4. The zero-order valence-electron chi connectivity index (χ0n) is 19.7. The van der Waals surface area contributed by atoms with Crippen molar-refractivity contribution in [1.29, 1.82) is 0 Å². The topological polar surface area (TPSA) is 0 Å². The monoisotopic (exact) mass is 502 g/mol. The molecule has 0 nitrogen and oxygen atoms in total. The van der Waals surface area contributed by atoms with Crippen molar-refractivity contribution in [2.24, 2.45) is 0 Å². The maximum atomic E-state index is 3.47. The molecule has 166 valence electrons. The summed E-state index contributed by atoms with van der Waals surface area (Å²) in [6.07, 6.45) is 17.1. The molecular formula is C30H30FeSi2. The Hall–Kier alpha value is -1.49. The van der Waals surface area contributed by atoms with E-state index in [0.717, 1.165) is 11.1 Å². The summed E-state index contributed by atoms with van der Waals surface area (Å²) in [7, 11) is -3.14. The summed E-state index contributed by atoms with van der Waals surface area (Å²) in [6.45, 7) is 9.16. The van der Waals surface area contributed by atoms with Crippen molar-refractivity contribution < 1.29 is 17.1 Å². The molecule has 2 fully saturated rings. The molecular weight excluding hydrogens is 472 g/mol. The van der Waals surface area contributed by atoms with Crippen LogP contribution in [0.25, 0.3) is 0 Å². The van der Waals surface area contributed by atoms with E-state index in [0.29, 0.717) is 0 Å². The van der Waals surface area contributed by atoms with Crippen LogP contribution in [0.15, 0.2) is 60.7 Å². The maximum absolute atomic E-state index is 3.47. The molecule has 0 atom stereocenters. The Morgan fingerprint density at radius 1 is 0.485 bits per heavy atom. The predicted molar refractivity (Wildman–Crippen MR) is 142 cm³/mol. The molecule has 2 aromatic carbocycles. The van der Waals surface area contributed by atoms with E-state index in [1.54, 1.807) is 0 Å². The van der Waals surface area contributed by atoms with Crippen molar-refractivity contribution in [3.8, 4) is 22.9 Å². The van der Waals surface area contributed by atoms with E-state index in [4.69, 9.17) is 0 Å². The van der Waals surface area contributed by atoms with E-state index in [9.17, 15) is 0 Å². The van der Waals surface area contributed by atoms with Gasteiger partial charge in [-0.25, -0.2) is 0 Å². The minimum absolute atomic E-state index is 0. The van der Waals surface area contributed by atoms with Crippen LogP contribution >= 0.6 is 0 Å². The van der Waals surface area contributed by atoms with E-state index in [2.05, 4.69) is 125 Å². The van der Waals surface area contributed by atoms with E-state index in [1.165, 1.54) is 11.1 Å². The number of rotatable bonds is 2. The van der Waals surface area contributed by atoms with Crippen LogP contribution in [-0.4, -0.2) is 16.1 Å². The van der Waals surface area contributed by atoms with Gasteiger partial charge in [0, 0.05) is 28.2 Å². The first-order valence-corrected chi connectivity index (χ1v) is 17.0. The molecule has 2 aromatic rings. The van der Waals surface area contributed by atoms with Crippen molar-refractivity contribution in [3.05, 3.63) is 134 Å². The second-order valence-electron chi connectivity index (χ2n) is 8.83. The molecule has 0 bridgehead atoms. The Balaban J connectivity index is 0.000000227. The number of hydrogen-bond acceptors (Lipinski definition) is 0. The fourth-order valence-electron chi connectivity index (χ4n) is 3.23. The quantitative estimate of drug-likeness (QED) is 0.327. The average molecular weight is 503 g/mol. The van der Waals surface area contributed by atoms with Gasteiger partial charge in [-0.15, -0.1) is 11.1 Å². The third-order valence-corrected chi connectivity index (χ3v) is 10.4.